The molecule has 0 aliphatic rings. The van der Waals surface area contributed by atoms with Gasteiger partial charge in [0.25, 0.3) is 0 Å². The van der Waals surface area contributed by atoms with Crippen LogP contribution in [0.2, 0.25) is 0 Å². The lowest BCUT2D eigenvalue weighted by molar-refractivity contribution is -0.143. The maximum Gasteiger partial charge on any atom is 0.330 e. The molecule has 0 rings (SSSR count). The van der Waals surface area contributed by atoms with Gasteiger partial charge >= 0.3 is 5.97 Å². The van der Waals surface area contributed by atoms with E-state index in [-0.39, 0.29) is 12.1 Å². The van der Waals surface area contributed by atoms with Crippen molar-refractivity contribution in [2.24, 2.45) is 0 Å². The van der Waals surface area contributed by atoms with Gasteiger partial charge in [0.05, 0.1) is 0 Å². The molecule has 0 bridgehead atoms. The van der Waals surface area contributed by atoms with Gasteiger partial charge < -0.3 is 4.74 Å². The molecule has 0 fully saturated rings. The van der Waals surface area contributed by atoms with E-state index in [4.69, 9.17) is 4.74 Å². The molecule has 0 aliphatic carbocycles. The van der Waals surface area contributed by atoms with Crippen LogP contribution in [0.4, 0.5) is 0 Å². The van der Waals surface area contributed by atoms with Crippen molar-refractivity contribution in [1.82, 2.24) is 0 Å². The zero-order valence-electron chi connectivity index (χ0n) is 8.71. The zero-order chi connectivity index (χ0) is 10.1. The van der Waals surface area contributed by atoms with Crippen LogP contribution < -0.4 is 0 Å². The van der Waals surface area contributed by atoms with Gasteiger partial charge in [0.2, 0.25) is 0 Å². The topological polar surface area (TPSA) is 26.3 Å². The second kappa shape index (κ2) is 7.84. The molecule has 0 saturated carbocycles. The van der Waals surface area contributed by atoms with Crippen molar-refractivity contribution in [1.29, 1.82) is 0 Å². The molecule has 0 saturated heterocycles. The van der Waals surface area contributed by atoms with Crippen molar-refractivity contribution >= 4 is 5.97 Å². The molecule has 1 atom stereocenters. The van der Waals surface area contributed by atoms with E-state index in [2.05, 4.69) is 13.5 Å². The Morgan fingerprint density at radius 2 is 2.15 bits per heavy atom. The normalized spacial score (nSPS) is 12.2. The summed E-state index contributed by atoms with van der Waals surface area (Å²) in [6.45, 7) is 7.57. The van der Waals surface area contributed by atoms with E-state index >= 15 is 0 Å². The molecule has 0 aliphatic heterocycles. The minimum atomic E-state index is -0.302. The van der Waals surface area contributed by atoms with Crippen LogP contribution in [0.1, 0.15) is 46.0 Å². The van der Waals surface area contributed by atoms with Crippen molar-refractivity contribution in [3.05, 3.63) is 12.7 Å². The van der Waals surface area contributed by atoms with Gasteiger partial charge in [-0.3, -0.25) is 0 Å². The largest absolute Gasteiger partial charge is 0.459 e. The summed E-state index contributed by atoms with van der Waals surface area (Å²) < 4.78 is 5.14. The van der Waals surface area contributed by atoms with Gasteiger partial charge in [0, 0.05) is 6.08 Å². The van der Waals surface area contributed by atoms with Crippen LogP contribution in [-0.2, 0) is 9.53 Å². The predicted molar refractivity (Wildman–Crippen MR) is 54.5 cm³/mol. The maximum atomic E-state index is 10.9. The van der Waals surface area contributed by atoms with E-state index < -0.39 is 0 Å². The number of rotatable bonds is 7. The number of esters is 1. The Labute approximate surface area is 81.0 Å². The van der Waals surface area contributed by atoms with E-state index in [0.717, 1.165) is 19.3 Å². The zero-order valence-corrected chi connectivity index (χ0v) is 8.71. The van der Waals surface area contributed by atoms with Gasteiger partial charge in [0.15, 0.2) is 0 Å². The highest BCUT2D eigenvalue weighted by Crippen LogP contribution is 2.10. The standard InChI is InChI=1S/C11H20O2/c1-4-7-8-9-10(5-2)13-11(12)6-3/h6,10H,3-5,7-9H2,1-2H3/t10-/m0/s1. The van der Waals surface area contributed by atoms with Gasteiger partial charge in [-0.25, -0.2) is 4.79 Å². The predicted octanol–water partition coefficient (Wildman–Crippen LogP) is 3.07. The fraction of sp³-hybridized carbons (Fsp3) is 0.727. The first-order valence-corrected chi connectivity index (χ1v) is 5.07. The molecule has 0 amide bonds. The van der Waals surface area contributed by atoms with Gasteiger partial charge in [-0.1, -0.05) is 33.3 Å². The average Bonchev–Trinajstić information content (AvgIpc) is 2.16. The van der Waals surface area contributed by atoms with Crippen LogP contribution >= 0.6 is 0 Å². The smallest absolute Gasteiger partial charge is 0.330 e. The Balaban J connectivity index is 3.62. The quantitative estimate of drug-likeness (QED) is 0.345. The summed E-state index contributed by atoms with van der Waals surface area (Å²) in [5, 5.41) is 0. The van der Waals surface area contributed by atoms with Gasteiger partial charge in [-0.2, -0.15) is 0 Å². The number of hydrogen-bond donors (Lipinski definition) is 0. The molecule has 0 spiro atoms. The Morgan fingerprint density at radius 1 is 1.46 bits per heavy atom. The third kappa shape index (κ3) is 6.38. The number of hydrogen-bond acceptors (Lipinski definition) is 2. The minimum absolute atomic E-state index is 0.0806. The number of unbranched alkanes of at least 4 members (excludes halogenated alkanes) is 2. The summed E-state index contributed by atoms with van der Waals surface area (Å²) in [6.07, 6.45) is 6.72. The Hall–Kier alpha value is -0.790. The summed E-state index contributed by atoms with van der Waals surface area (Å²) in [6, 6.07) is 0. The molecule has 0 N–H and O–H groups in total. The molecule has 0 unspecified atom stereocenters. The third-order valence-corrected chi connectivity index (χ3v) is 2.03. The van der Waals surface area contributed by atoms with Crippen molar-refractivity contribution in [3.8, 4) is 0 Å². The summed E-state index contributed by atoms with van der Waals surface area (Å²) in [7, 11) is 0. The van der Waals surface area contributed by atoms with Crippen molar-refractivity contribution in [3.63, 3.8) is 0 Å². The first kappa shape index (κ1) is 12.2. The lowest BCUT2D eigenvalue weighted by Crippen LogP contribution is -2.15. The number of ether oxygens (including phenoxy) is 1. The molecule has 76 valence electrons. The molecule has 2 nitrogen and oxygen atoms in total. The molecule has 0 radical (unpaired) electrons. The molecule has 2 heteroatoms. The summed E-state index contributed by atoms with van der Waals surface area (Å²) >= 11 is 0. The Bertz CT molecular complexity index is 152. The second-order valence-electron chi connectivity index (χ2n) is 3.17. The van der Waals surface area contributed by atoms with Gasteiger partial charge in [-0.15, -0.1) is 0 Å². The SMILES string of the molecule is C=CC(=O)O[C@@H](CC)CCCCC. The molecular weight excluding hydrogens is 164 g/mol. The van der Waals surface area contributed by atoms with Gasteiger partial charge in [-0.05, 0) is 19.3 Å². The highest BCUT2D eigenvalue weighted by molar-refractivity contribution is 5.81. The van der Waals surface area contributed by atoms with E-state index in [1.54, 1.807) is 0 Å². The molecule has 0 heterocycles. The van der Waals surface area contributed by atoms with Gasteiger partial charge in [0.1, 0.15) is 6.10 Å². The Kier molecular flexibility index (Phi) is 7.36. The van der Waals surface area contributed by atoms with Crippen molar-refractivity contribution in [2.45, 2.75) is 52.1 Å². The van der Waals surface area contributed by atoms with E-state index in [0.29, 0.717) is 0 Å². The monoisotopic (exact) mass is 184 g/mol. The lowest BCUT2D eigenvalue weighted by Gasteiger charge is -2.14. The van der Waals surface area contributed by atoms with Crippen LogP contribution in [0.5, 0.6) is 0 Å². The first-order valence-electron chi connectivity index (χ1n) is 5.07. The fourth-order valence-electron chi connectivity index (χ4n) is 1.18. The van der Waals surface area contributed by atoms with E-state index in [9.17, 15) is 4.79 Å². The Morgan fingerprint density at radius 3 is 2.62 bits per heavy atom. The van der Waals surface area contributed by atoms with E-state index in [1.165, 1.54) is 18.9 Å². The minimum Gasteiger partial charge on any atom is -0.459 e. The van der Waals surface area contributed by atoms with E-state index in [1.807, 2.05) is 6.92 Å². The lowest BCUT2D eigenvalue weighted by atomic mass is 10.1. The molecule has 0 aromatic heterocycles. The van der Waals surface area contributed by atoms with Crippen LogP contribution in [-0.4, -0.2) is 12.1 Å². The summed E-state index contributed by atoms with van der Waals surface area (Å²) in [5.41, 5.74) is 0. The van der Waals surface area contributed by atoms with Crippen molar-refractivity contribution < 1.29 is 9.53 Å². The second-order valence-corrected chi connectivity index (χ2v) is 3.17. The molecule has 13 heavy (non-hydrogen) atoms. The van der Waals surface area contributed by atoms with Crippen molar-refractivity contribution in [2.75, 3.05) is 0 Å². The molecule has 0 aromatic carbocycles. The highest BCUT2D eigenvalue weighted by atomic mass is 16.5. The number of carbonyl (C=O) groups excluding carboxylic acids is 1. The molecule has 0 aromatic rings. The highest BCUT2D eigenvalue weighted by Gasteiger charge is 2.08. The average molecular weight is 184 g/mol. The number of carbonyl (C=O) groups is 1. The van der Waals surface area contributed by atoms with Crippen LogP contribution in [0.15, 0.2) is 12.7 Å². The summed E-state index contributed by atoms with van der Waals surface area (Å²) in [5.74, 6) is -0.302. The summed E-state index contributed by atoms with van der Waals surface area (Å²) in [4.78, 5) is 10.9. The molecular formula is C11H20O2. The fourth-order valence-corrected chi connectivity index (χ4v) is 1.18. The van der Waals surface area contributed by atoms with Crippen LogP contribution in [0, 0.1) is 0 Å². The first-order chi connectivity index (χ1) is 6.24. The van der Waals surface area contributed by atoms with Crippen LogP contribution in [0.3, 0.4) is 0 Å². The third-order valence-electron chi connectivity index (χ3n) is 2.03. The van der Waals surface area contributed by atoms with Crippen LogP contribution in [0.25, 0.3) is 0 Å². The maximum absolute atomic E-state index is 10.9.